The standard InChI is InChI=1S/C12H22N2O5S/c1-8(15)13-10(12(18)19)7-20-11(17)5-9(16)6-14(2,3)4/h9-10,16H,5-7H2,1-4H3,(H-,13,15,18,19)/p+1/t9-,10?/m1/s1. The average molecular weight is 307 g/mol. The van der Waals surface area contributed by atoms with Gasteiger partial charge in [0, 0.05) is 19.1 Å². The molecule has 0 fully saturated rings. The van der Waals surface area contributed by atoms with Crippen LogP contribution in [-0.4, -0.2) is 77.3 Å². The summed E-state index contributed by atoms with van der Waals surface area (Å²) in [6, 6.07) is -1.10. The second-order valence-electron chi connectivity index (χ2n) is 5.61. The van der Waals surface area contributed by atoms with Gasteiger partial charge in [-0.05, 0) is 0 Å². The van der Waals surface area contributed by atoms with Gasteiger partial charge in [0.05, 0.1) is 21.1 Å². The Morgan fingerprint density at radius 2 is 1.80 bits per heavy atom. The zero-order valence-corrected chi connectivity index (χ0v) is 13.1. The number of nitrogens with one attached hydrogen (secondary N) is 1. The third kappa shape index (κ3) is 9.76. The third-order valence-electron chi connectivity index (χ3n) is 2.25. The highest BCUT2D eigenvalue weighted by atomic mass is 32.2. The number of hydrogen-bond donors (Lipinski definition) is 3. The number of quaternary nitrogens is 1. The SMILES string of the molecule is CC(=O)NC(CSC(=O)C[C@@H](O)C[N+](C)(C)C)C(=O)O. The van der Waals surface area contributed by atoms with Crippen LogP contribution in [0.25, 0.3) is 0 Å². The van der Waals surface area contributed by atoms with Gasteiger partial charge in [-0.3, -0.25) is 9.59 Å². The molecular formula is C12H23N2O5S+. The number of carboxylic acids is 1. The molecular weight excluding hydrogens is 284 g/mol. The molecule has 1 unspecified atom stereocenters. The van der Waals surface area contributed by atoms with Gasteiger partial charge in [0.2, 0.25) is 5.91 Å². The van der Waals surface area contributed by atoms with Crippen molar-refractivity contribution in [3.63, 3.8) is 0 Å². The van der Waals surface area contributed by atoms with Crippen LogP contribution in [0.3, 0.4) is 0 Å². The Morgan fingerprint density at radius 3 is 2.20 bits per heavy atom. The van der Waals surface area contributed by atoms with Crippen molar-refractivity contribution < 1.29 is 29.1 Å². The minimum absolute atomic E-state index is 0.0351. The molecule has 0 bridgehead atoms. The Morgan fingerprint density at radius 1 is 1.25 bits per heavy atom. The van der Waals surface area contributed by atoms with E-state index in [-0.39, 0.29) is 17.3 Å². The Kier molecular flexibility index (Phi) is 7.77. The first kappa shape index (κ1) is 18.9. The number of rotatable bonds is 8. The van der Waals surface area contributed by atoms with E-state index in [4.69, 9.17) is 5.11 Å². The summed E-state index contributed by atoms with van der Waals surface area (Å²) < 4.78 is 0.531. The maximum Gasteiger partial charge on any atom is 0.327 e. The lowest BCUT2D eigenvalue weighted by Crippen LogP contribution is -2.42. The number of nitrogens with zero attached hydrogens (tertiary/aromatic N) is 1. The van der Waals surface area contributed by atoms with Crippen LogP contribution in [0.4, 0.5) is 0 Å². The number of carboxylic acid groups (broad SMARTS) is 1. The second kappa shape index (κ2) is 8.23. The molecule has 0 heterocycles. The predicted molar refractivity (Wildman–Crippen MR) is 76.2 cm³/mol. The van der Waals surface area contributed by atoms with Crippen LogP contribution in [0.1, 0.15) is 13.3 Å². The monoisotopic (exact) mass is 307 g/mol. The molecule has 0 rings (SSSR count). The van der Waals surface area contributed by atoms with Gasteiger partial charge in [-0.15, -0.1) is 0 Å². The van der Waals surface area contributed by atoms with Gasteiger partial charge in [-0.2, -0.15) is 0 Å². The van der Waals surface area contributed by atoms with Gasteiger partial charge in [-0.1, -0.05) is 11.8 Å². The largest absolute Gasteiger partial charge is 0.480 e. The zero-order chi connectivity index (χ0) is 15.9. The fourth-order valence-corrected chi connectivity index (χ4v) is 2.43. The van der Waals surface area contributed by atoms with Gasteiger partial charge >= 0.3 is 5.97 Å². The molecule has 8 heteroatoms. The highest BCUT2D eigenvalue weighted by Gasteiger charge is 2.22. The van der Waals surface area contributed by atoms with Crippen LogP contribution in [0, 0.1) is 0 Å². The molecule has 0 radical (unpaired) electrons. The fourth-order valence-electron chi connectivity index (χ4n) is 1.54. The minimum Gasteiger partial charge on any atom is -0.480 e. The molecule has 0 aliphatic carbocycles. The number of aliphatic carboxylic acids is 1. The van der Waals surface area contributed by atoms with E-state index in [2.05, 4.69) is 5.32 Å². The first-order chi connectivity index (χ1) is 9.01. The maximum absolute atomic E-state index is 11.6. The van der Waals surface area contributed by atoms with E-state index in [1.54, 1.807) is 0 Å². The summed E-state index contributed by atoms with van der Waals surface area (Å²) in [7, 11) is 5.70. The van der Waals surface area contributed by atoms with Crippen molar-refractivity contribution in [1.29, 1.82) is 0 Å². The van der Waals surface area contributed by atoms with Crippen molar-refractivity contribution in [2.45, 2.75) is 25.5 Å². The number of carbonyl (C=O) groups is 3. The molecule has 116 valence electrons. The van der Waals surface area contributed by atoms with E-state index in [0.717, 1.165) is 11.8 Å². The van der Waals surface area contributed by atoms with E-state index in [1.807, 2.05) is 21.1 Å². The first-order valence-electron chi connectivity index (χ1n) is 6.15. The first-order valence-corrected chi connectivity index (χ1v) is 7.14. The Balaban J connectivity index is 4.20. The average Bonchev–Trinajstić information content (AvgIpc) is 2.20. The van der Waals surface area contributed by atoms with Crippen molar-refractivity contribution in [3.8, 4) is 0 Å². The molecule has 20 heavy (non-hydrogen) atoms. The van der Waals surface area contributed by atoms with Crippen LogP contribution in [-0.2, 0) is 14.4 Å². The van der Waals surface area contributed by atoms with E-state index in [1.165, 1.54) is 6.92 Å². The van der Waals surface area contributed by atoms with E-state index in [0.29, 0.717) is 11.0 Å². The molecule has 0 saturated heterocycles. The van der Waals surface area contributed by atoms with Crippen molar-refractivity contribution in [3.05, 3.63) is 0 Å². The number of carbonyl (C=O) groups excluding carboxylic acids is 2. The van der Waals surface area contributed by atoms with Crippen LogP contribution in [0.5, 0.6) is 0 Å². The summed E-state index contributed by atoms with van der Waals surface area (Å²) in [5, 5.41) is 20.6. The second-order valence-corrected chi connectivity index (χ2v) is 6.68. The summed E-state index contributed by atoms with van der Waals surface area (Å²) in [5.41, 5.74) is 0. The quantitative estimate of drug-likeness (QED) is 0.512. The van der Waals surface area contributed by atoms with Crippen molar-refractivity contribution in [2.75, 3.05) is 33.4 Å². The molecule has 7 nitrogen and oxygen atoms in total. The molecule has 3 N–H and O–H groups in total. The van der Waals surface area contributed by atoms with Crippen molar-refractivity contribution in [2.24, 2.45) is 0 Å². The number of likely N-dealkylation sites (N-methyl/N-ethyl adjacent to an activating group) is 1. The van der Waals surface area contributed by atoms with Crippen LogP contribution in [0.15, 0.2) is 0 Å². The van der Waals surface area contributed by atoms with Gasteiger partial charge in [0.25, 0.3) is 0 Å². The Bertz CT molecular complexity index is 367. The smallest absolute Gasteiger partial charge is 0.327 e. The normalized spacial score (nSPS) is 14.4. The lowest BCUT2D eigenvalue weighted by Gasteiger charge is -2.26. The lowest BCUT2D eigenvalue weighted by molar-refractivity contribution is -0.873. The van der Waals surface area contributed by atoms with E-state index in [9.17, 15) is 19.5 Å². The number of amides is 1. The molecule has 0 saturated carbocycles. The van der Waals surface area contributed by atoms with Crippen molar-refractivity contribution in [1.82, 2.24) is 5.32 Å². The third-order valence-corrected chi connectivity index (χ3v) is 3.24. The van der Waals surface area contributed by atoms with Crippen LogP contribution in [0.2, 0.25) is 0 Å². The number of aliphatic hydroxyl groups is 1. The van der Waals surface area contributed by atoms with Gasteiger partial charge in [0.1, 0.15) is 18.7 Å². The summed E-state index contributed by atoms with van der Waals surface area (Å²) in [4.78, 5) is 33.3. The lowest BCUT2D eigenvalue weighted by atomic mass is 10.2. The molecule has 1 amide bonds. The molecule has 0 aromatic rings. The number of hydrogen-bond acceptors (Lipinski definition) is 5. The highest BCUT2D eigenvalue weighted by molar-refractivity contribution is 8.13. The van der Waals surface area contributed by atoms with Crippen LogP contribution < -0.4 is 5.32 Å². The van der Waals surface area contributed by atoms with Gasteiger partial charge < -0.3 is 20.0 Å². The highest BCUT2D eigenvalue weighted by Crippen LogP contribution is 2.11. The van der Waals surface area contributed by atoms with E-state index >= 15 is 0 Å². The molecule has 2 atom stereocenters. The molecule has 0 aromatic heterocycles. The van der Waals surface area contributed by atoms with Gasteiger partial charge in [0.15, 0.2) is 5.12 Å². The zero-order valence-electron chi connectivity index (χ0n) is 12.3. The fraction of sp³-hybridized carbons (Fsp3) is 0.750. The van der Waals surface area contributed by atoms with Crippen molar-refractivity contribution >= 4 is 28.8 Å². The van der Waals surface area contributed by atoms with Crippen LogP contribution >= 0.6 is 11.8 Å². The summed E-state index contributed by atoms with van der Waals surface area (Å²) >= 11 is 0.808. The van der Waals surface area contributed by atoms with E-state index < -0.39 is 24.0 Å². The maximum atomic E-state index is 11.6. The summed E-state index contributed by atoms with van der Waals surface area (Å²) in [6.45, 7) is 1.65. The summed E-state index contributed by atoms with van der Waals surface area (Å²) in [6.07, 6.45) is -0.800. The Hall–Kier alpha value is -1.12. The molecule has 0 aliphatic rings. The number of thioether (sulfide) groups is 1. The molecule has 0 aromatic carbocycles. The van der Waals surface area contributed by atoms with Gasteiger partial charge in [-0.25, -0.2) is 4.79 Å². The molecule has 0 aliphatic heterocycles. The summed E-state index contributed by atoms with van der Waals surface area (Å²) in [5.74, 6) is -1.70. The Labute approximate surface area is 122 Å². The number of aliphatic hydroxyl groups excluding tert-OH is 1. The topological polar surface area (TPSA) is 104 Å². The predicted octanol–water partition coefficient (Wildman–Crippen LogP) is -0.707. The molecule has 0 spiro atoms. The minimum atomic E-state index is -1.19.